The van der Waals surface area contributed by atoms with Gasteiger partial charge in [-0.05, 0) is 41.8 Å². The average Bonchev–Trinajstić information content (AvgIpc) is 3.19. The Morgan fingerprint density at radius 3 is 2.81 bits per heavy atom. The van der Waals surface area contributed by atoms with Gasteiger partial charge in [-0.1, -0.05) is 19.9 Å². The number of hydrogen-bond acceptors (Lipinski definition) is 6. The van der Waals surface area contributed by atoms with Crippen molar-refractivity contribution in [2.75, 3.05) is 23.8 Å². The van der Waals surface area contributed by atoms with Crippen molar-refractivity contribution in [2.24, 2.45) is 0 Å². The molecule has 4 rings (SSSR count). The maximum absolute atomic E-state index is 13.0. The van der Waals surface area contributed by atoms with E-state index >= 15 is 0 Å². The molecule has 8 heteroatoms. The minimum Gasteiger partial charge on any atom is -0.377 e. The summed E-state index contributed by atoms with van der Waals surface area (Å²) in [5.41, 5.74) is 4.44. The van der Waals surface area contributed by atoms with E-state index in [2.05, 4.69) is 21.8 Å². The molecule has 8 nitrogen and oxygen atoms in total. The summed E-state index contributed by atoms with van der Waals surface area (Å²) in [5.74, 6) is -0.251. The molecule has 164 valence electrons. The summed E-state index contributed by atoms with van der Waals surface area (Å²) in [6.07, 6.45) is 4.87. The smallest absolute Gasteiger partial charge is 0.255 e. The SMILES string of the molecule is CC(C)c1c(C#N)cccc1C(=O)Nc1ccc(C=N)c(Nc2cnn(C3COC3)c2)c1.[HH]. The standard InChI is InChI=1S/C24H24N6O2.H2/c1-15(2)23-17(10-26)4-3-5-21(23)24(31)29-18-7-6-16(9-25)22(8-18)28-19-11-27-30(12-19)20-13-32-14-20;/h3-9,11-12,15,20,25,28H,13-14H2,1-2H3,(H,29,31);1H. The minimum absolute atomic E-state index is 0. The van der Waals surface area contributed by atoms with Crippen LogP contribution in [-0.2, 0) is 4.74 Å². The second-order valence-corrected chi connectivity index (χ2v) is 7.96. The summed E-state index contributed by atoms with van der Waals surface area (Å²) >= 11 is 0. The lowest BCUT2D eigenvalue weighted by atomic mass is 9.92. The largest absolute Gasteiger partial charge is 0.377 e. The van der Waals surface area contributed by atoms with Gasteiger partial charge in [0.05, 0.1) is 42.8 Å². The van der Waals surface area contributed by atoms with Crippen LogP contribution in [0.5, 0.6) is 0 Å². The Hall–Kier alpha value is -3.96. The van der Waals surface area contributed by atoms with Crippen LogP contribution in [0.1, 0.15) is 54.3 Å². The highest BCUT2D eigenvalue weighted by atomic mass is 16.5. The van der Waals surface area contributed by atoms with Gasteiger partial charge in [0, 0.05) is 36.3 Å². The van der Waals surface area contributed by atoms with Crippen LogP contribution in [0.25, 0.3) is 0 Å². The van der Waals surface area contributed by atoms with Gasteiger partial charge in [0.15, 0.2) is 0 Å². The van der Waals surface area contributed by atoms with Crippen LogP contribution in [-0.4, -0.2) is 35.1 Å². The van der Waals surface area contributed by atoms with Gasteiger partial charge in [0.1, 0.15) is 0 Å². The van der Waals surface area contributed by atoms with Gasteiger partial charge in [-0.25, -0.2) is 0 Å². The Kier molecular flexibility index (Phi) is 6.01. The number of nitriles is 1. The number of carbonyl (C=O) groups excluding carboxylic acids is 1. The lowest BCUT2D eigenvalue weighted by molar-refractivity contribution is -0.0286. The number of benzene rings is 2. The number of aromatic nitrogens is 2. The molecule has 2 heterocycles. The molecule has 1 fully saturated rings. The van der Waals surface area contributed by atoms with E-state index < -0.39 is 0 Å². The van der Waals surface area contributed by atoms with E-state index in [9.17, 15) is 10.1 Å². The van der Waals surface area contributed by atoms with Gasteiger partial charge in [-0.3, -0.25) is 9.48 Å². The zero-order chi connectivity index (χ0) is 22.7. The molecule has 3 aromatic rings. The second kappa shape index (κ2) is 9.04. The van der Waals surface area contributed by atoms with Crippen molar-refractivity contribution in [1.29, 1.82) is 10.7 Å². The summed E-state index contributed by atoms with van der Waals surface area (Å²) in [4.78, 5) is 13.0. The monoisotopic (exact) mass is 430 g/mol. The summed E-state index contributed by atoms with van der Waals surface area (Å²) in [5, 5.41) is 27.7. The first-order chi connectivity index (χ1) is 15.5. The predicted octanol–water partition coefficient (Wildman–Crippen LogP) is 4.69. The molecule has 0 spiro atoms. The normalized spacial score (nSPS) is 13.3. The summed E-state index contributed by atoms with van der Waals surface area (Å²) in [6.45, 7) is 5.23. The van der Waals surface area contributed by atoms with Crippen molar-refractivity contribution in [1.82, 2.24) is 9.78 Å². The molecule has 1 saturated heterocycles. The Morgan fingerprint density at radius 2 is 2.16 bits per heavy atom. The van der Waals surface area contributed by atoms with Crippen molar-refractivity contribution >= 4 is 29.2 Å². The molecule has 3 N–H and O–H groups in total. The highest BCUT2D eigenvalue weighted by Gasteiger charge is 2.21. The van der Waals surface area contributed by atoms with Crippen molar-refractivity contribution in [3.8, 4) is 6.07 Å². The number of nitrogens with one attached hydrogen (secondary N) is 3. The fraction of sp³-hybridized carbons (Fsp3) is 0.250. The molecule has 0 bridgehead atoms. The Balaban J connectivity index is 0.00000306. The number of nitrogens with zero attached hydrogens (tertiary/aromatic N) is 3. The van der Waals surface area contributed by atoms with Gasteiger partial charge in [-0.15, -0.1) is 0 Å². The van der Waals surface area contributed by atoms with E-state index in [0.29, 0.717) is 41.3 Å². The van der Waals surface area contributed by atoms with Crippen LogP contribution in [0.3, 0.4) is 0 Å². The Bertz CT molecular complexity index is 1210. The average molecular weight is 431 g/mol. The number of amides is 1. The lowest BCUT2D eigenvalue weighted by Crippen LogP contribution is -2.30. The highest BCUT2D eigenvalue weighted by molar-refractivity contribution is 6.06. The minimum atomic E-state index is -0.280. The van der Waals surface area contributed by atoms with E-state index in [1.807, 2.05) is 24.7 Å². The molecule has 32 heavy (non-hydrogen) atoms. The topological polar surface area (TPSA) is 116 Å². The summed E-state index contributed by atoms with van der Waals surface area (Å²) < 4.78 is 7.07. The molecule has 1 aromatic heterocycles. The molecular formula is C24H26N6O2. The van der Waals surface area contributed by atoms with Gasteiger partial charge in [0.2, 0.25) is 0 Å². The maximum atomic E-state index is 13.0. The molecule has 0 unspecified atom stereocenters. The van der Waals surface area contributed by atoms with Crippen LogP contribution in [0.15, 0.2) is 48.8 Å². The van der Waals surface area contributed by atoms with E-state index in [0.717, 1.165) is 11.3 Å². The van der Waals surface area contributed by atoms with Crippen LogP contribution in [0.4, 0.5) is 17.1 Å². The van der Waals surface area contributed by atoms with Crippen molar-refractivity contribution in [3.63, 3.8) is 0 Å². The number of ether oxygens (including phenoxy) is 1. The molecule has 1 aliphatic heterocycles. The molecule has 0 saturated carbocycles. The molecular weight excluding hydrogens is 404 g/mol. The van der Waals surface area contributed by atoms with E-state index in [1.54, 1.807) is 42.6 Å². The summed E-state index contributed by atoms with van der Waals surface area (Å²) in [7, 11) is 0. The second-order valence-electron chi connectivity index (χ2n) is 7.96. The van der Waals surface area contributed by atoms with Crippen LogP contribution < -0.4 is 10.6 Å². The Labute approximate surface area is 187 Å². The number of hydrogen-bond donors (Lipinski definition) is 3. The molecule has 1 aliphatic rings. The predicted molar refractivity (Wildman–Crippen MR) is 125 cm³/mol. The van der Waals surface area contributed by atoms with Crippen LogP contribution in [0.2, 0.25) is 0 Å². The van der Waals surface area contributed by atoms with E-state index in [4.69, 9.17) is 10.1 Å². The fourth-order valence-corrected chi connectivity index (χ4v) is 3.68. The third-order valence-electron chi connectivity index (χ3n) is 5.39. The number of rotatable bonds is 7. The quantitative estimate of drug-likeness (QED) is 0.470. The van der Waals surface area contributed by atoms with Crippen LogP contribution >= 0.6 is 0 Å². The van der Waals surface area contributed by atoms with Crippen molar-refractivity contribution < 1.29 is 11.0 Å². The van der Waals surface area contributed by atoms with Gasteiger partial charge in [0.25, 0.3) is 5.91 Å². The Morgan fingerprint density at radius 1 is 1.34 bits per heavy atom. The molecule has 1 amide bonds. The van der Waals surface area contributed by atoms with Crippen molar-refractivity contribution in [3.05, 3.63) is 71.0 Å². The molecule has 2 aromatic carbocycles. The van der Waals surface area contributed by atoms with Crippen LogP contribution in [0, 0.1) is 16.7 Å². The number of carbonyl (C=O) groups is 1. The molecule has 0 aliphatic carbocycles. The van der Waals surface area contributed by atoms with Gasteiger partial charge >= 0.3 is 0 Å². The molecule has 0 radical (unpaired) electrons. The molecule has 0 atom stereocenters. The summed E-state index contributed by atoms with van der Waals surface area (Å²) in [6, 6.07) is 12.9. The first-order valence-corrected chi connectivity index (χ1v) is 10.4. The zero-order valence-corrected chi connectivity index (χ0v) is 17.9. The first-order valence-electron chi connectivity index (χ1n) is 10.4. The van der Waals surface area contributed by atoms with Crippen molar-refractivity contribution in [2.45, 2.75) is 25.8 Å². The lowest BCUT2D eigenvalue weighted by Gasteiger charge is -2.25. The van der Waals surface area contributed by atoms with Gasteiger partial charge < -0.3 is 20.8 Å². The van der Waals surface area contributed by atoms with E-state index in [-0.39, 0.29) is 19.3 Å². The van der Waals surface area contributed by atoms with Gasteiger partial charge in [-0.2, -0.15) is 10.4 Å². The van der Waals surface area contributed by atoms with E-state index in [1.165, 1.54) is 6.21 Å². The zero-order valence-electron chi connectivity index (χ0n) is 17.9. The maximum Gasteiger partial charge on any atom is 0.255 e. The third-order valence-corrected chi connectivity index (χ3v) is 5.39. The third kappa shape index (κ3) is 4.24. The fourth-order valence-electron chi connectivity index (χ4n) is 3.68. The highest BCUT2D eigenvalue weighted by Crippen LogP contribution is 2.27. The number of anilines is 3. The first kappa shape index (κ1) is 21.3.